The number of hydrogen-bond donors (Lipinski definition) is 0. The third-order valence-corrected chi connectivity index (χ3v) is 2.48. The first kappa shape index (κ1) is 14.8. The summed E-state index contributed by atoms with van der Waals surface area (Å²) >= 11 is 0. The summed E-state index contributed by atoms with van der Waals surface area (Å²) in [6.45, 7) is 2.92. The van der Waals surface area contributed by atoms with Crippen molar-refractivity contribution in [1.29, 1.82) is 5.26 Å². The van der Waals surface area contributed by atoms with Crippen molar-refractivity contribution in [3.8, 4) is 17.6 Å². The number of ether oxygens (including phenoxy) is 2. The summed E-state index contributed by atoms with van der Waals surface area (Å²) in [6, 6.07) is 9.10. The normalized spacial score (nSPS) is 9.53. The molecule has 1 aromatic rings. The fourth-order valence-corrected chi connectivity index (χ4v) is 1.40. The fourth-order valence-electron chi connectivity index (χ4n) is 1.40. The Balaban J connectivity index is 2.39. The highest BCUT2D eigenvalue weighted by atomic mass is 16.5. The van der Waals surface area contributed by atoms with E-state index in [1.54, 1.807) is 31.3 Å². The molecule has 0 unspecified atom stereocenters. The monoisotopic (exact) mass is 262 g/mol. The highest BCUT2D eigenvalue weighted by Gasteiger charge is 2.08. The number of likely N-dealkylation sites (N-methyl/N-ethyl adjacent to an activating group) is 1. The zero-order valence-corrected chi connectivity index (χ0v) is 11.3. The summed E-state index contributed by atoms with van der Waals surface area (Å²) in [5, 5.41) is 8.44. The maximum Gasteiger partial charge on any atom is 0.260 e. The molecular weight excluding hydrogens is 244 g/mol. The predicted molar refractivity (Wildman–Crippen MR) is 71.0 cm³/mol. The highest BCUT2D eigenvalue weighted by molar-refractivity contribution is 5.77. The summed E-state index contributed by atoms with van der Waals surface area (Å²) < 4.78 is 10.7. The first-order valence-electron chi connectivity index (χ1n) is 6.14. The molecule has 19 heavy (non-hydrogen) atoms. The maximum absolute atomic E-state index is 11.7. The number of hydrogen-bond acceptors (Lipinski definition) is 4. The Labute approximate surface area is 113 Å². The van der Waals surface area contributed by atoms with Gasteiger partial charge in [-0.05, 0) is 31.2 Å². The number of rotatable bonds is 7. The van der Waals surface area contributed by atoms with Gasteiger partial charge in [0.15, 0.2) is 6.61 Å². The lowest BCUT2D eigenvalue weighted by atomic mass is 10.3. The maximum atomic E-state index is 11.7. The molecule has 0 spiro atoms. The van der Waals surface area contributed by atoms with Gasteiger partial charge in [0.25, 0.3) is 5.91 Å². The Morgan fingerprint density at radius 3 is 2.37 bits per heavy atom. The zero-order chi connectivity index (χ0) is 14.1. The second-order valence-electron chi connectivity index (χ2n) is 3.92. The molecule has 0 bridgehead atoms. The van der Waals surface area contributed by atoms with Crippen molar-refractivity contribution in [3.63, 3.8) is 0 Å². The molecule has 0 aliphatic heterocycles. The van der Waals surface area contributed by atoms with Crippen LogP contribution in [0.15, 0.2) is 24.3 Å². The highest BCUT2D eigenvalue weighted by Crippen LogP contribution is 2.17. The number of carbonyl (C=O) groups excluding carboxylic acids is 1. The largest absolute Gasteiger partial charge is 0.494 e. The summed E-state index contributed by atoms with van der Waals surface area (Å²) in [4.78, 5) is 13.1. The summed E-state index contributed by atoms with van der Waals surface area (Å²) in [5.74, 6) is 1.24. The van der Waals surface area contributed by atoms with E-state index in [-0.39, 0.29) is 12.5 Å². The smallest absolute Gasteiger partial charge is 0.260 e. The molecule has 0 saturated carbocycles. The van der Waals surface area contributed by atoms with Crippen LogP contribution in [0.25, 0.3) is 0 Å². The van der Waals surface area contributed by atoms with Crippen molar-refractivity contribution in [3.05, 3.63) is 24.3 Å². The van der Waals surface area contributed by atoms with E-state index in [4.69, 9.17) is 14.7 Å². The molecule has 0 radical (unpaired) electrons. The molecule has 1 rings (SSSR count). The van der Waals surface area contributed by atoms with Crippen LogP contribution in [0.5, 0.6) is 11.5 Å². The predicted octanol–water partition coefficient (Wildman–Crippen LogP) is 1.84. The van der Waals surface area contributed by atoms with Crippen LogP contribution in [0.2, 0.25) is 0 Å². The standard InChI is InChI=1S/C14H18N2O3/c1-3-18-12-5-7-13(8-6-12)19-11-14(17)16(2)10-4-9-15/h5-8H,3-4,10-11H2,1-2H3. The second-order valence-corrected chi connectivity index (χ2v) is 3.92. The molecule has 0 heterocycles. The molecule has 0 fully saturated rings. The van der Waals surface area contributed by atoms with Gasteiger partial charge >= 0.3 is 0 Å². The van der Waals surface area contributed by atoms with E-state index >= 15 is 0 Å². The van der Waals surface area contributed by atoms with Crippen LogP contribution in [0.4, 0.5) is 0 Å². The van der Waals surface area contributed by atoms with Crippen molar-refractivity contribution in [1.82, 2.24) is 4.90 Å². The van der Waals surface area contributed by atoms with Gasteiger partial charge in [-0.3, -0.25) is 4.79 Å². The van der Waals surface area contributed by atoms with Gasteiger partial charge in [0.05, 0.1) is 19.1 Å². The van der Waals surface area contributed by atoms with Gasteiger partial charge in [0, 0.05) is 13.6 Å². The van der Waals surface area contributed by atoms with Crippen molar-refractivity contribution in [2.24, 2.45) is 0 Å². The molecule has 1 aromatic carbocycles. The van der Waals surface area contributed by atoms with Crippen LogP contribution in [0.1, 0.15) is 13.3 Å². The zero-order valence-electron chi connectivity index (χ0n) is 11.3. The Morgan fingerprint density at radius 2 is 1.84 bits per heavy atom. The van der Waals surface area contributed by atoms with Gasteiger partial charge < -0.3 is 14.4 Å². The number of nitrogens with zero attached hydrogens (tertiary/aromatic N) is 2. The van der Waals surface area contributed by atoms with Gasteiger partial charge in [0.2, 0.25) is 0 Å². The van der Waals surface area contributed by atoms with Crippen LogP contribution in [0, 0.1) is 11.3 Å². The third kappa shape index (κ3) is 5.30. The first-order chi connectivity index (χ1) is 9.17. The minimum Gasteiger partial charge on any atom is -0.494 e. The van der Waals surface area contributed by atoms with E-state index < -0.39 is 0 Å². The average Bonchev–Trinajstić information content (AvgIpc) is 2.44. The van der Waals surface area contributed by atoms with Crippen LogP contribution in [-0.4, -0.2) is 37.6 Å². The molecule has 0 N–H and O–H groups in total. The van der Waals surface area contributed by atoms with E-state index in [0.29, 0.717) is 25.3 Å². The Morgan fingerprint density at radius 1 is 1.26 bits per heavy atom. The summed E-state index contributed by atoms with van der Waals surface area (Å²) in [7, 11) is 1.65. The number of amides is 1. The van der Waals surface area contributed by atoms with Crippen molar-refractivity contribution in [2.45, 2.75) is 13.3 Å². The fraction of sp³-hybridized carbons (Fsp3) is 0.429. The lowest BCUT2D eigenvalue weighted by Gasteiger charge is -2.15. The minimum absolute atomic E-state index is 0.0318. The molecule has 1 amide bonds. The Kier molecular flexibility index (Phi) is 6.23. The van der Waals surface area contributed by atoms with E-state index in [0.717, 1.165) is 5.75 Å². The first-order valence-corrected chi connectivity index (χ1v) is 6.14. The molecule has 102 valence electrons. The van der Waals surface area contributed by atoms with Crippen LogP contribution in [-0.2, 0) is 4.79 Å². The van der Waals surface area contributed by atoms with E-state index in [1.165, 1.54) is 4.90 Å². The summed E-state index contributed by atoms with van der Waals surface area (Å²) in [5.41, 5.74) is 0. The second kappa shape index (κ2) is 7.98. The molecule has 5 nitrogen and oxygen atoms in total. The van der Waals surface area contributed by atoms with Gasteiger partial charge in [-0.25, -0.2) is 0 Å². The van der Waals surface area contributed by atoms with Gasteiger partial charge in [-0.15, -0.1) is 0 Å². The molecular formula is C14H18N2O3. The van der Waals surface area contributed by atoms with Crippen LogP contribution in [0.3, 0.4) is 0 Å². The molecule has 0 aromatic heterocycles. The topological polar surface area (TPSA) is 62.6 Å². The van der Waals surface area contributed by atoms with Crippen molar-refractivity contribution >= 4 is 5.91 Å². The van der Waals surface area contributed by atoms with E-state index in [9.17, 15) is 4.79 Å². The van der Waals surface area contributed by atoms with E-state index in [1.807, 2.05) is 13.0 Å². The SMILES string of the molecule is CCOc1ccc(OCC(=O)N(C)CCC#N)cc1. The van der Waals surface area contributed by atoms with Gasteiger partial charge in [-0.1, -0.05) is 0 Å². The van der Waals surface area contributed by atoms with Crippen LogP contribution < -0.4 is 9.47 Å². The van der Waals surface area contributed by atoms with Gasteiger partial charge in [-0.2, -0.15) is 5.26 Å². The Bertz CT molecular complexity index is 437. The van der Waals surface area contributed by atoms with Gasteiger partial charge in [0.1, 0.15) is 11.5 Å². The van der Waals surface area contributed by atoms with Crippen molar-refractivity contribution in [2.75, 3.05) is 26.8 Å². The number of carbonyl (C=O) groups is 1. The summed E-state index contributed by atoms with van der Waals surface area (Å²) in [6.07, 6.45) is 0.325. The molecule has 0 aliphatic carbocycles. The molecule has 0 atom stereocenters. The lowest BCUT2D eigenvalue weighted by molar-refractivity contribution is -0.131. The molecule has 0 saturated heterocycles. The van der Waals surface area contributed by atoms with E-state index in [2.05, 4.69) is 0 Å². The van der Waals surface area contributed by atoms with Crippen molar-refractivity contribution < 1.29 is 14.3 Å². The number of nitriles is 1. The quantitative estimate of drug-likeness (QED) is 0.752. The third-order valence-electron chi connectivity index (χ3n) is 2.48. The molecule has 5 heteroatoms. The average molecular weight is 262 g/mol. The lowest BCUT2D eigenvalue weighted by Crippen LogP contribution is -2.32. The Hall–Kier alpha value is -2.22. The van der Waals surface area contributed by atoms with Crippen LogP contribution >= 0.6 is 0 Å². The molecule has 0 aliphatic rings. The minimum atomic E-state index is -0.149. The number of benzene rings is 1.